The highest BCUT2D eigenvalue weighted by Crippen LogP contribution is 2.20. The van der Waals surface area contributed by atoms with E-state index in [0.29, 0.717) is 10.7 Å². The predicted octanol–water partition coefficient (Wildman–Crippen LogP) is 4.14. The molecule has 1 unspecified atom stereocenters. The van der Waals surface area contributed by atoms with Crippen LogP contribution in [0, 0.1) is 5.82 Å². The smallest absolute Gasteiger partial charge is 0.317 e. The number of anilines is 1. The van der Waals surface area contributed by atoms with Gasteiger partial charge in [-0.25, -0.2) is 4.39 Å². The highest BCUT2D eigenvalue weighted by molar-refractivity contribution is 8.00. The second-order valence-electron chi connectivity index (χ2n) is 4.87. The molecule has 2 rings (SSSR count). The molecule has 4 nitrogen and oxygen atoms in total. The molecule has 0 radical (unpaired) electrons. The summed E-state index contributed by atoms with van der Waals surface area (Å²) in [4.78, 5) is 24.6. The van der Waals surface area contributed by atoms with Gasteiger partial charge < -0.3 is 10.1 Å². The molecule has 2 aromatic rings. The number of benzene rings is 2. The maximum atomic E-state index is 13.1. The standard InChI is InChI=1S/C17H15ClFNO3S/c1-11(17(22)20-14-4-2-3-13(19)9-14)23-16(21)10-24-15-7-5-12(18)6-8-15/h2-9,11H,10H2,1H3,(H,20,22). The van der Waals surface area contributed by atoms with E-state index in [1.54, 1.807) is 30.3 Å². The number of rotatable bonds is 6. The van der Waals surface area contributed by atoms with Gasteiger partial charge in [0.15, 0.2) is 6.10 Å². The summed E-state index contributed by atoms with van der Waals surface area (Å²) in [6.45, 7) is 1.46. The van der Waals surface area contributed by atoms with Crippen molar-refractivity contribution in [3.63, 3.8) is 0 Å². The minimum atomic E-state index is -0.980. The maximum absolute atomic E-state index is 13.1. The number of carbonyl (C=O) groups excluding carboxylic acids is 2. The lowest BCUT2D eigenvalue weighted by Crippen LogP contribution is -2.30. The first-order valence-corrected chi connectivity index (χ1v) is 8.44. The van der Waals surface area contributed by atoms with Crippen molar-refractivity contribution in [2.24, 2.45) is 0 Å². The first kappa shape index (κ1) is 18.3. The Balaban J connectivity index is 1.80. The fourth-order valence-electron chi connectivity index (χ4n) is 1.77. The van der Waals surface area contributed by atoms with Crippen molar-refractivity contribution in [3.05, 3.63) is 59.4 Å². The molecule has 0 aromatic heterocycles. The normalized spacial score (nSPS) is 11.6. The third-order valence-electron chi connectivity index (χ3n) is 2.94. The molecule has 0 fully saturated rings. The summed E-state index contributed by atoms with van der Waals surface area (Å²) in [7, 11) is 0. The number of hydrogen-bond acceptors (Lipinski definition) is 4. The number of halogens is 2. The minimum Gasteiger partial charge on any atom is -0.452 e. The summed E-state index contributed by atoms with van der Waals surface area (Å²) in [6, 6.07) is 12.5. The Bertz CT molecular complexity index is 724. The molecule has 7 heteroatoms. The van der Waals surface area contributed by atoms with E-state index in [1.165, 1.54) is 36.9 Å². The second kappa shape index (κ2) is 8.70. The first-order valence-electron chi connectivity index (χ1n) is 7.08. The zero-order valence-corrected chi connectivity index (χ0v) is 14.4. The molecule has 0 spiro atoms. The van der Waals surface area contributed by atoms with Gasteiger partial charge in [0.1, 0.15) is 5.82 Å². The van der Waals surface area contributed by atoms with Crippen LogP contribution in [0.3, 0.4) is 0 Å². The monoisotopic (exact) mass is 367 g/mol. The van der Waals surface area contributed by atoms with Gasteiger partial charge in [0.25, 0.3) is 5.91 Å². The zero-order valence-electron chi connectivity index (χ0n) is 12.8. The average molecular weight is 368 g/mol. The van der Waals surface area contributed by atoms with E-state index < -0.39 is 23.8 Å². The summed E-state index contributed by atoms with van der Waals surface area (Å²) < 4.78 is 18.1. The van der Waals surface area contributed by atoms with Gasteiger partial charge in [-0.2, -0.15) is 0 Å². The van der Waals surface area contributed by atoms with Crippen molar-refractivity contribution >= 4 is 40.9 Å². The number of amides is 1. The van der Waals surface area contributed by atoms with Gasteiger partial charge in [0.05, 0.1) is 5.75 Å². The zero-order chi connectivity index (χ0) is 17.5. The number of hydrogen-bond donors (Lipinski definition) is 1. The van der Waals surface area contributed by atoms with Crippen LogP contribution >= 0.6 is 23.4 Å². The highest BCUT2D eigenvalue weighted by atomic mass is 35.5. The highest BCUT2D eigenvalue weighted by Gasteiger charge is 2.18. The number of esters is 1. The van der Waals surface area contributed by atoms with Crippen molar-refractivity contribution < 1.29 is 18.7 Å². The van der Waals surface area contributed by atoms with E-state index in [4.69, 9.17) is 16.3 Å². The summed E-state index contributed by atoms with van der Waals surface area (Å²) in [5, 5.41) is 3.11. The van der Waals surface area contributed by atoms with Gasteiger partial charge in [-0.3, -0.25) is 9.59 Å². The Morgan fingerprint density at radius 2 is 1.96 bits per heavy atom. The maximum Gasteiger partial charge on any atom is 0.317 e. The van der Waals surface area contributed by atoms with Gasteiger partial charge in [0.2, 0.25) is 0 Å². The van der Waals surface area contributed by atoms with Gasteiger partial charge in [-0.05, 0) is 49.4 Å². The molecule has 0 aliphatic rings. The molecular weight excluding hydrogens is 353 g/mol. The summed E-state index contributed by atoms with van der Waals surface area (Å²) in [5.74, 6) is -1.43. The average Bonchev–Trinajstić information content (AvgIpc) is 2.54. The predicted molar refractivity (Wildman–Crippen MR) is 92.8 cm³/mol. The molecule has 0 aliphatic heterocycles. The number of ether oxygens (including phenoxy) is 1. The Hall–Kier alpha value is -2.05. The SMILES string of the molecule is CC(OC(=O)CSc1ccc(Cl)cc1)C(=O)Nc1cccc(F)c1. The molecule has 0 heterocycles. The van der Waals surface area contributed by atoms with Gasteiger partial charge in [0, 0.05) is 15.6 Å². The Kier molecular flexibility index (Phi) is 6.63. The third kappa shape index (κ3) is 5.86. The van der Waals surface area contributed by atoms with Crippen molar-refractivity contribution in [1.82, 2.24) is 0 Å². The lowest BCUT2D eigenvalue weighted by Gasteiger charge is -2.13. The van der Waals surface area contributed by atoms with Crippen LogP contribution in [-0.4, -0.2) is 23.7 Å². The van der Waals surface area contributed by atoms with E-state index in [9.17, 15) is 14.0 Å². The molecule has 126 valence electrons. The fourth-order valence-corrected chi connectivity index (χ4v) is 2.57. The Labute approximate surface area is 148 Å². The van der Waals surface area contributed by atoms with Gasteiger partial charge in [-0.1, -0.05) is 17.7 Å². The van der Waals surface area contributed by atoms with Crippen LogP contribution in [0.5, 0.6) is 0 Å². The molecule has 0 saturated heterocycles. The molecule has 24 heavy (non-hydrogen) atoms. The number of thioether (sulfide) groups is 1. The van der Waals surface area contributed by atoms with Crippen LogP contribution in [0.4, 0.5) is 10.1 Å². The summed E-state index contributed by atoms with van der Waals surface area (Å²) in [5.41, 5.74) is 0.304. The van der Waals surface area contributed by atoms with E-state index in [-0.39, 0.29) is 5.75 Å². The first-order chi connectivity index (χ1) is 11.4. The molecule has 1 atom stereocenters. The van der Waals surface area contributed by atoms with E-state index in [2.05, 4.69) is 5.32 Å². The number of carbonyl (C=O) groups is 2. The van der Waals surface area contributed by atoms with Crippen molar-refractivity contribution in [2.75, 3.05) is 11.1 Å². The minimum absolute atomic E-state index is 0.0687. The Morgan fingerprint density at radius 3 is 2.62 bits per heavy atom. The topological polar surface area (TPSA) is 55.4 Å². The van der Waals surface area contributed by atoms with E-state index >= 15 is 0 Å². The fraction of sp³-hybridized carbons (Fsp3) is 0.176. The van der Waals surface area contributed by atoms with Crippen LogP contribution < -0.4 is 5.32 Å². The molecule has 1 amide bonds. The van der Waals surface area contributed by atoms with Gasteiger partial charge in [-0.15, -0.1) is 11.8 Å². The third-order valence-corrected chi connectivity index (χ3v) is 4.18. The van der Waals surface area contributed by atoms with Crippen LogP contribution in [0.1, 0.15) is 6.92 Å². The van der Waals surface area contributed by atoms with Crippen molar-refractivity contribution in [1.29, 1.82) is 0 Å². The van der Waals surface area contributed by atoms with Crippen LogP contribution in [0.25, 0.3) is 0 Å². The molecule has 1 N–H and O–H groups in total. The summed E-state index contributed by atoms with van der Waals surface area (Å²) in [6.07, 6.45) is -0.980. The molecular formula is C17H15ClFNO3S. The number of nitrogens with one attached hydrogen (secondary N) is 1. The quantitative estimate of drug-likeness (QED) is 0.615. The largest absolute Gasteiger partial charge is 0.452 e. The van der Waals surface area contributed by atoms with Crippen LogP contribution in [0.2, 0.25) is 5.02 Å². The van der Waals surface area contributed by atoms with E-state index in [1.807, 2.05) is 0 Å². The van der Waals surface area contributed by atoms with E-state index in [0.717, 1.165) is 4.90 Å². The second-order valence-corrected chi connectivity index (χ2v) is 6.36. The molecule has 0 aliphatic carbocycles. The Morgan fingerprint density at radius 1 is 1.25 bits per heavy atom. The molecule has 0 bridgehead atoms. The van der Waals surface area contributed by atoms with Crippen LogP contribution in [0.15, 0.2) is 53.4 Å². The van der Waals surface area contributed by atoms with Crippen LogP contribution in [-0.2, 0) is 14.3 Å². The molecule has 2 aromatic carbocycles. The van der Waals surface area contributed by atoms with Crippen molar-refractivity contribution in [2.45, 2.75) is 17.9 Å². The lowest BCUT2D eigenvalue weighted by atomic mass is 10.3. The summed E-state index contributed by atoms with van der Waals surface area (Å²) >= 11 is 7.07. The van der Waals surface area contributed by atoms with Crippen molar-refractivity contribution in [3.8, 4) is 0 Å². The lowest BCUT2D eigenvalue weighted by molar-refractivity contribution is -0.150. The molecule has 0 saturated carbocycles. The van der Waals surface area contributed by atoms with Gasteiger partial charge >= 0.3 is 5.97 Å².